The van der Waals surface area contributed by atoms with Crippen LogP contribution >= 0.6 is 0 Å². The monoisotopic (exact) mass is 257 g/mol. The van der Waals surface area contributed by atoms with E-state index in [-0.39, 0.29) is 11.3 Å². The highest BCUT2D eigenvalue weighted by Gasteiger charge is 2.17. The van der Waals surface area contributed by atoms with Crippen molar-refractivity contribution in [1.82, 2.24) is 9.55 Å². The number of benzene rings is 1. The third-order valence-corrected chi connectivity index (χ3v) is 3.58. The number of carbonyl (C=O) groups is 1. The molecule has 1 aromatic heterocycles. The predicted octanol–water partition coefficient (Wildman–Crippen LogP) is 2.03. The smallest absolute Gasteiger partial charge is 0.337 e. The summed E-state index contributed by atoms with van der Waals surface area (Å²) in [6.45, 7) is 0. The van der Waals surface area contributed by atoms with Crippen LogP contribution in [0.2, 0.25) is 0 Å². The molecule has 1 aromatic carbocycles. The van der Waals surface area contributed by atoms with Crippen molar-refractivity contribution in [3.05, 3.63) is 41.5 Å². The zero-order valence-corrected chi connectivity index (χ0v) is 10.5. The number of aromatic nitrogens is 2. The minimum absolute atomic E-state index is 0.135. The average molecular weight is 257 g/mol. The SMILES string of the molecule is Nc1ccc(-n2cnc3c2CCCC3)cc1C(=O)O. The summed E-state index contributed by atoms with van der Waals surface area (Å²) in [5, 5.41) is 9.12. The zero-order chi connectivity index (χ0) is 13.4. The molecule has 98 valence electrons. The van der Waals surface area contributed by atoms with E-state index in [2.05, 4.69) is 4.98 Å². The molecule has 5 heteroatoms. The quantitative estimate of drug-likeness (QED) is 0.806. The zero-order valence-electron chi connectivity index (χ0n) is 10.5. The van der Waals surface area contributed by atoms with Gasteiger partial charge in [0, 0.05) is 17.1 Å². The molecule has 0 amide bonds. The fraction of sp³-hybridized carbons (Fsp3) is 0.286. The number of aromatic carboxylic acids is 1. The Balaban J connectivity index is 2.10. The van der Waals surface area contributed by atoms with Crippen molar-refractivity contribution in [1.29, 1.82) is 0 Å². The topological polar surface area (TPSA) is 81.1 Å². The molecule has 19 heavy (non-hydrogen) atoms. The van der Waals surface area contributed by atoms with Gasteiger partial charge in [0.05, 0.1) is 17.6 Å². The lowest BCUT2D eigenvalue weighted by molar-refractivity contribution is 0.0698. The highest BCUT2D eigenvalue weighted by molar-refractivity contribution is 5.94. The summed E-state index contributed by atoms with van der Waals surface area (Å²) in [4.78, 5) is 15.5. The first kappa shape index (κ1) is 11.8. The largest absolute Gasteiger partial charge is 0.478 e. The van der Waals surface area contributed by atoms with Gasteiger partial charge in [-0.25, -0.2) is 9.78 Å². The van der Waals surface area contributed by atoms with E-state index in [1.54, 1.807) is 18.5 Å². The van der Waals surface area contributed by atoms with Crippen LogP contribution in [-0.4, -0.2) is 20.6 Å². The third kappa shape index (κ3) is 1.97. The Hall–Kier alpha value is -2.30. The number of rotatable bonds is 2. The number of hydrogen-bond acceptors (Lipinski definition) is 3. The minimum Gasteiger partial charge on any atom is -0.478 e. The van der Waals surface area contributed by atoms with Crippen molar-refractivity contribution in [2.24, 2.45) is 0 Å². The number of hydrogen-bond donors (Lipinski definition) is 2. The van der Waals surface area contributed by atoms with Gasteiger partial charge in [-0.05, 0) is 43.9 Å². The van der Waals surface area contributed by atoms with E-state index < -0.39 is 5.97 Å². The second-order valence-corrected chi connectivity index (χ2v) is 4.79. The molecule has 0 spiro atoms. The molecule has 0 radical (unpaired) electrons. The van der Waals surface area contributed by atoms with Gasteiger partial charge < -0.3 is 15.4 Å². The molecule has 3 rings (SSSR count). The van der Waals surface area contributed by atoms with Gasteiger partial charge in [0.1, 0.15) is 0 Å². The first-order chi connectivity index (χ1) is 9.16. The molecular weight excluding hydrogens is 242 g/mol. The molecule has 1 aliphatic carbocycles. The molecule has 0 bridgehead atoms. The van der Waals surface area contributed by atoms with Crippen LogP contribution in [0.1, 0.15) is 34.6 Å². The molecule has 0 fully saturated rings. The summed E-state index contributed by atoms with van der Waals surface area (Å²) in [6.07, 6.45) is 6.09. The van der Waals surface area contributed by atoms with E-state index in [4.69, 9.17) is 10.8 Å². The molecule has 3 N–H and O–H groups in total. The number of fused-ring (bicyclic) bond motifs is 1. The van der Waals surface area contributed by atoms with Crippen molar-refractivity contribution in [3.8, 4) is 5.69 Å². The average Bonchev–Trinajstić information content (AvgIpc) is 2.83. The Labute approximate surface area is 110 Å². The molecular formula is C14H15N3O2. The molecule has 0 atom stereocenters. The van der Waals surface area contributed by atoms with Crippen LogP contribution in [0.5, 0.6) is 0 Å². The first-order valence-corrected chi connectivity index (χ1v) is 6.35. The van der Waals surface area contributed by atoms with Crippen molar-refractivity contribution >= 4 is 11.7 Å². The summed E-state index contributed by atoms with van der Waals surface area (Å²) in [7, 11) is 0. The van der Waals surface area contributed by atoms with Crippen molar-refractivity contribution < 1.29 is 9.90 Å². The van der Waals surface area contributed by atoms with Gasteiger partial charge in [-0.15, -0.1) is 0 Å². The van der Waals surface area contributed by atoms with Crippen LogP contribution in [0.3, 0.4) is 0 Å². The number of anilines is 1. The van der Waals surface area contributed by atoms with Crippen molar-refractivity contribution in [2.75, 3.05) is 5.73 Å². The predicted molar refractivity (Wildman–Crippen MR) is 71.6 cm³/mol. The van der Waals surface area contributed by atoms with E-state index >= 15 is 0 Å². The van der Waals surface area contributed by atoms with Crippen molar-refractivity contribution in [3.63, 3.8) is 0 Å². The summed E-state index contributed by atoms with van der Waals surface area (Å²) >= 11 is 0. The van der Waals surface area contributed by atoms with Gasteiger partial charge in [0.2, 0.25) is 0 Å². The Kier molecular flexibility index (Phi) is 2.74. The number of carboxylic acid groups (broad SMARTS) is 1. The number of nitrogens with zero attached hydrogens (tertiary/aromatic N) is 2. The van der Waals surface area contributed by atoms with Crippen LogP contribution in [0.4, 0.5) is 5.69 Å². The van der Waals surface area contributed by atoms with Crippen LogP contribution < -0.4 is 5.73 Å². The molecule has 0 aliphatic heterocycles. The van der Waals surface area contributed by atoms with Crippen LogP contribution in [0.25, 0.3) is 5.69 Å². The fourth-order valence-corrected chi connectivity index (χ4v) is 2.57. The highest BCUT2D eigenvalue weighted by atomic mass is 16.4. The Morgan fingerprint density at radius 1 is 1.32 bits per heavy atom. The van der Waals surface area contributed by atoms with E-state index in [0.717, 1.165) is 30.6 Å². The summed E-state index contributed by atoms with van der Waals surface area (Å²) in [5.41, 5.74) is 9.21. The lowest BCUT2D eigenvalue weighted by Crippen LogP contribution is -2.08. The van der Waals surface area contributed by atoms with Gasteiger partial charge >= 0.3 is 5.97 Å². The van der Waals surface area contributed by atoms with E-state index in [1.165, 1.54) is 12.1 Å². The normalized spacial score (nSPS) is 14.1. The summed E-state index contributed by atoms with van der Waals surface area (Å²) in [5.74, 6) is -1.01. The van der Waals surface area contributed by atoms with Crippen molar-refractivity contribution in [2.45, 2.75) is 25.7 Å². The van der Waals surface area contributed by atoms with Gasteiger partial charge in [-0.3, -0.25) is 0 Å². The summed E-state index contributed by atoms with van der Waals surface area (Å²) in [6, 6.07) is 5.07. The minimum atomic E-state index is -1.01. The molecule has 0 unspecified atom stereocenters. The van der Waals surface area contributed by atoms with Crippen LogP contribution in [0, 0.1) is 0 Å². The maximum Gasteiger partial charge on any atom is 0.337 e. The van der Waals surface area contributed by atoms with E-state index in [1.807, 2.05) is 10.6 Å². The van der Waals surface area contributed by atoms with Gasteiger partial charge in [-0.2, -0.15) is 0 Å². The number of nitrogens with two attached hydrogens (primary N) is 1. The maximum absolute atomic E-state index is 11.1. The van der Waals surface area contributed by atoms with Crippen LogP contribution in [-0.2, 0) is 12.8 Å². The lowest BCUT2D eigenvalue weighted by atomic mass is 10.0. The van der Waals surface area contributed by atoms with Crippen LogP contribution in [0.15, 0.2) is 24.5 Å². The number of nitrogen functional groups attached to an aromatic ring is 1. The number of imidazole rings is 1. The standard InChI is InChI=1S/C14H15N3O2/c15-11-6-5-9(7-10(11)14(18)19)17-8-16-12-3-1-2-4-13(12)17/h5-8H,1-4,15H2,(H,18,19). The molecule has 1 aliphatic rings. The van der Waals surface area contributed by atoms with E-state index in [0.29, 0.717) is 0 Å². The third-order valence-electron chi connectivity index (χ3n) is 3.58. The highest BCUT2D eigenvalue weighted by Crippen LogP contribution is 2.24. The Bertz CT molecular complexity index is 646. The Morgan fingerprint density at radius 2 is 2.11 bits per heavy atom. The molecule has 2 aromatic rings. The van der Waals surface area contributed by atoms with Gasteiger partial charge in [0.25, 0.3) is 0 Å². The lowest BCUT2D eigenvalue weighted by Gasteiger charge is -2.14. The second-order valence-electron chi connectivity index (χ2n) is 4.79. The molecule has 5 nitrogen and oxygen atoms in total. The Morgan fingerprint density at radius 3 is 2.89 bits per heavy atom. The fourth-order valence-electron chi connectivity index (χ4n) is 2.57. The van der Waals surface area contributed by atoms with Gasteiger partial charge in [-0.1, -0.05) is 0 Å². The maximum atomic E-state index is 11.1. The summed E-state index contributed by atoms with van der Waals surface area (Å²) < 4.78 is 1.97. The molecule has 0 saturated heterocycles. The van der Waals surface area contributed by atoms with Gasteiger partial charge in [0.15, 0.2) is 0 Å². The number of aryl methyl sites for hydroxylation is 1. The first-order valence-electron chi connectivity index (χ1n) is 6.35. The molecule has 0 saturated carbocycles. The molecule has 1 heterocycles. The number of carboxylic acids is 1. The van der Waals surface area contributed by atoms with E-state index in [9.17, 15) is 4.79 Å². The second kappa shape index (κ2) is 4.42.